The van der Waals surface area contributed by atoms with Gasteiger partial charge in [0.05, 0.1) is 35.3 Å². The van der Waals surface area contributed by atoms with Gasteiger partial charge in [-0.05, 0) is 89.7 Å². The summed E-state index contributed by atoms with van der Waals surface area (Å²) in [6.07, 6.45) is 2.28. The lowest BCUT2D eigenvalue weighted by atomic mass is 10.0. The molecule has 0 unspecified atom stereocenters. The van der Waals surface area contributed by atoms with Crippen LogP contribution in [-0.4, -0.2) is 87.9 Å². The van der Waals surface area contributed by atoms with Crippen LogP contribution in [0.1, 0.15) is 50.4 Å². The number of hydrogen-bond acceptors (Lipinski definition) is 7. The zero-order valence-corrected chi connectivity index (χ0v) is 25.5. The molecule has 1 aliphatic rings. The smallest absolute Gasteiger partial charge is 0.261 e. The summed E-state index contributed by atoms with van der Waals surface area (Å²) in [6.45, 7) is 7.20. The molecule has 1 heterocycles. The van der Waals surface area contributed by atoms with E-state index >= 15 is 0 Å². The van der Waals surface area contributed by atoms with Crippen molar-refractivity contribution in [3.63, 3.8) is 0 Å². The maximum absolute atomic E-state index is 14.1. The molecule has 0 bridgehead atoms. The van der Waals surface area contributed by atoms with Crippen molar-refractivity contribution in [2.75, 3.05) is 45.1 Å². The van der Waals surface area contributed by atoms with Crippen molar-refractivity contribution in [3.05, 3.63) is 53.1 Å². The summed E-state index contributed by atoms with van der Waals surface area (Å²) in [6, 6.07) is 10.1. The van der Waals surface area contributed by atoms with Gasteiger partial charge in [0.2, 0.25) is 0 Å². The van der Waals surface area contributed by atoms with Gasteiger partial charge in [-0.25, -0.2) is 8.42 Å². The predicted octanol–water partition coefficient (Wildman–Crippen LogP) is 4.50. The zero-order chi connectivity index (χ0) is 29.4. The van der Waals surface area contributed by atoms with E-state index in [1.165, 1.54) is 30.3 Å². The van der Waals surface area contributed by atoms with E-state index in [-0.39, 0.29) is 46.8 Å². The molecular formula is C29H42ClN3O6S. The number of carbonyl (C=O) groups is 1. The molecule has 0 fully saturated rings. The number of benzene rings is 2. The minimum absolute atomic E-state index is 0.0295. The van der Waals surface area contributed by atoms with Gasteiger partial charge in [-0.2, -0.15) is 0 Å². The number of amides is 1. The van der Waals surface area contributed by atoms with Crippen LogP contribution < -0.4 is 9.46 Å². The van der Waals surface area contributed by atoms with Crippen LogP contribution in [0.4, 0.5) is 5.69 Å². The lowest BCUT2D eigenvalue weighted by Gasteiger charge is -2.35. The number of hydrogen-bond donors (Lipinski definition) is 2. The Morgan fingerprint density at radius 1 is 1.15 bits per heavy atom. The SMILES string of the molecule is C[C@H](CO)N1C[C@H](C)[C@@H](CN(C)C)OCCCC[C@H](C)Oc2ccc(NS(=O)(=O)c3ccc(Cl)cc3)cc2C1=O. The van der Waals surface area contributed by atoms with Gasteiger partial charge in [-0.15, -0.1) is 0 Å². The van der Waals surface area contributed by atoms with Gasteiger partial charge < -0.3 is 24.4 Å². The highest BCUT2D eigenvalue weighted by molar-refractivity contribution is 7.92. The monoisotopic (exact) mass is 595 g/mol. The van der Waals surface area contributed by atoms with Gasteiger partial charge >= 0.3 is 0 Å². The minimum atomic E-state index is -3.93. The first-order chi connectivity index (χ1) is 18.9. The van der Waals surface area contributed by atoms with Crippen LogP contribution in [0.15, 0.2) is 47.4 Å². The Bertz CT molecular complexity index is 1220. The average Bonchev–Trinajstić information content (AvgIpc) is 2.90. The van der Waals surface area contributed by atoms with E-state index in [0.717, 1.165) is 19.3 Å². The molecule has 222 valence electrons. The highest BCUT2D eigenvalue weighted by atomic mass is 35.5. The van der Waals surface area contributed by atoms with Gasteiger partial charge in [0.15, 0.2) is 0 Å². The first kappa shape index (κ1) is 32.1. The molecule has 2 N–H and O–H groups in total. The number of sulfonamides is 1. The maximum atomic E-state index is 14.1. The molecule has 1 aliphatic heterocycles. The summed E-state index contributed by atoms with van der Waals surface area (Å²) in [7, 11) is 0.0459. The summed E-state index contributed by atoms with van der Waals surface area (Å²) in [5.74, 6) is -0.0186. The fourth-order valence-corrected chi connectivity index (χ4v) is 5.81. The fraction of sp³-hybridized carbons (Fsp3) is 0.552. The molecule has 2 aromatic carbocycles. The van der Waals surface area contributed by atoms with Gasteiger partial charge in [0.25, 0.3) is 15.9 Å². The van der Waals surface area contributed by atoms with Crippen molar-refractivity contribution in [3.8, 4) is 5.75 Å². The van der Waals surface area contributed by atoms with E-state index in [1.807, 2.05) is 27.9 Å². The third kappa shape index (κ3) is 8.81. The number of carbonyl (C=O) groups excluding carboxylic acids is 1. The zero-order valence-electron chi connectivity index (χ0n) is 24.0. The number of fused-ring (bicyclic) bond motifs is 1. The second-order valence-corrected chi connectivity index (χ2v) is 13.0. The van der Waals surface area contributed by atoms with Gasteiger partial charge in [-0.1, -0.05) is 18.5 Å². The molecule has 1 amide bonds. The van der Waals surface area contributed by atoms with Gasteiger partial charge in [0, 0.05) is 36.3 Å². The van der Waals surface area contributed by atoms with Crippen LogP contribution in [0, 0.1) is 5.92 Å². The summed E-state index contributed by atoms with van der Waals surface area (Å²) < 4.78 is 41.1. The van der Waals surface area contributed by atoms with E-state index in [0.29, 0.717) is 30.5 Å². The lowest BCUT2D eigenvalue weighted by Crippen LogP contribution is -2.47. The van der Waals surface area contributed by atoms with E-state index < -0.39 is 16.1 Å². The Morgan fingerprint density at radius 3 is 2.50 bits per heavy atom. The molecule has 0 saturated heterocycles. The Hall–Kier alpha value is -2.37. The van der Waals surface area contributed by atoms with Crippen LogP contribution in [0.3, 0.4) is 0 Å². The summed E-state index contributed by atoms with van der Waals surface area (Å²) in [5, 5.41) is 10.5. The Kier molecular flexibility index (Phi) is 11.7. The van der Waals surface area contributed by atoms with Crippen LogP contribution in [0.5, 0.6) is 5.75 Å². The lowest BCUT2D eigenvalue weighted by molar-refractivity contribution is -0.0137. The fourth-order valence-electron chi connectivity index (χ4n) is 4.64. The van der Waals surface area contributed by atoms with Crippen molar-refractivity contribution in [1.29, 1.82) is 0 Å². The molecule has 11 heteroatoms. The quantitative estimate of drug-likeness (QED) is 0.485. The van der Waals surface area contributed by atoms with E-state index in [1.54, 1.807) is 24.0 Å². The Morgan fingerprint density at radius 2 is 1.85 bits per heavy atom. The van der Waals surface area contributed by atoms with Crippen molar-refractivity contribution < 1.29 is 27.8 Å². The van der Waals surface area contributed by atoms with Crippen LogP contribution in [0.25, 0.3) is 0 Å². The third-order valence-electron chi connectivity index (χ3n) is 6.97. The molecule has 3 rings (SSSR count). The summed E-state index contributed by atoms with van der Waals surface area (Å²) in [4.78, 5) is 17.8. The standard InChI is InChI=1S/C29H42ClN3O6S/c1-20-17-33(21(2)19-34)29(35)26-16-24(31-40(36,37)25-12-9-23(30)10-13-25)11-14-27(26)39-22(3)8-6-7-15-38-28(20)18-32(4)5/h9-14,16,20-22,28,31,34H,6-8,15,17-19H2,1-5H3/t20-,21+,22-,28+/m0/s1. The molecular weight excluding hydrogens is 554 g/mol. The highest BCUT2D eigenvalue weighted by Crippen LogP contribution is 2.29. The summed E-state index contributed by atoms with van der Waals surface area (Å²) in [5.41, 5.74) is 0.440. The Balaban J connectivity index is 2.02. The number of halogens is 1. The average molecular weight is 596 g/mol. The first-order valence-electron chi connectivity index (χ1n) is 13.7. The topological polar surface area (TPSA) is 108 Å². The number of nitrogens with zero attached hydrogens (tertiary/aromatic N) is 2. The number of aliphatic hydroxyl groups excluding tert-OH is 1. The first-order valence-corrected chi connectivity index (χ1v) is 15.5. The summed E-state index contributed by atoms with van der Waals surface area (Å²) >= 11 is 5.92. The second-order valence-electron chi connectivity index (χ2n) is 10.8. The number of rotatable bonds is 7. The van der Waals surface area contributed by atoms with Crippen LogP contribution >= 0.6 is 11.6 Å². The second kappa shape index (κ2) is 14.5. The normalized spacial score (nSPS) is 22.2. The van der Waals surface area contributed by atoms with Crippen molar-refractivity contribution in [1.82, 2.24) is 9.80 Å². The molecule has 40 heavy (non-hydrogen) atoms. The maximum Gasteiger partial charge on any atom is 0.261 e. The van der Waals surface area contributed by atoms with Gasteiger partial charge in [0.1, 0.15) is 5.75 Å². The Labute approximate surface area is 243 Å². The number of likely N-dealkylation sites (N-methyl/N-ethyl adjacent to an activating group) is 1. The third-order valence-corrected chi connectivity index (χ3v) is 8.62. The van der Waals surface area contributed by atoms with Crippen LogP contribution in [0.2, 0.25) is 5.02 Å². The largest absolute Gasteiger partial charge is 0.490 e. The predicted molar refractivity (Wildman–Crippen MR) is 158 cm³/mol. The van der Waals surface area contributed by atoms with Crippen molar-refractivity contribution in [2.24, 2.45) is 5.92 Å². The van der Waals surface area contributed by atoms with Crippen molar-refractivity contribution >= 4 is 33.2 Å². The molecule has 0 aliphatic carbocycles. The minimum Gasteiger partial charge on any atom is -0.490 e. The number of nitrogens with one attached hydrogen (secondary N) is 1. The molecule has 0 aromatic heterocycles. The number of ether oxygens (including phenoxy) is 2. The van der Waals surface area contributed by atoms with Crippen LogP contribution in [-0.2, 0) is 14.8 Å². The number of anilines is 1. The van der Waals surface area contributed by atoms with Crippen molar-refractivity contribution in [2.45, 2.75) is 63.2 Å². The van der Waals surface area contributed by atoms with E-state index in [4.69, 9.17) is 21.1 Å². The molecule has 0 radical (unpaired) electrons. The molecule has 4 atom stereocenters. The van der Waals surface area contributed by atoms with E-state index in [2.05, 4.69) is 9.62 Å². The molecule has 2 aromatic rings. The molecule has 0 saturated carbocycles. The molecule has 0 spiro atoms. The number of aliphatic hydroxyl groups is 1. The molecule has 9 nitrogen and oxygen atoms in total. The van der Waals surface area contributed by atoms with E-state index in [9.17, 15) is 18.3 Å². The highest BCUT2D eigenvalue weighted by Gasteiger charge is 2.30. The van der Waals surface area contributed by atoms with Gasteiger partial charge in [-0.3, -0.25) is 9.52 Å².